The van der Waals surface area contributed by atoms with E-state index in [4.69, 9.17) is 34.4 Å². The number of benzene rings is 10. The number of imidazole rings is 6. The van der Waals surface area contributed by atoms with Gasteiger partial charge < -0.3 is 94.5 Å². The SMILES string of the molecule is CC(=O)c1ccc(N2CCN(Cc3nc4c(C(N)=O)cccc4[nH]3)CC2)cc1.CN(CCc1ccccc1)Cc1nc2c(C(N)=O)cccc2[nH]1.CN(Cc1nc2c(C(N)=O)cccc2[nH]1)c1ccccc1.NC(=O)c1cccc2[nH]c(CN3CCc4ccccc4C3)nc12.NC(=O)c1cccc2[nH]c(CNC3CN4CCC3CC4)nc12.NC(=O)c1cccc2[nH]c(CNCCCN3CCCC3)nc12. The summed E-state index contributed by atoms with van der Waals surface area (Å²) in [4.78, 5) is 143. The molecular formula is C105H121N27O7. The van der Waals surface area contributed by atoms with Crippen LogP contribution < -0.4 is 54.8 Å². The van der Waals surface area contributed by atoms with Crippen molar-refractivity contribution in [3.8, 4) is 0 Å². The Bertz CT molecular complexity index is 6960. The van der Waals surface area contributed by atoms with Crippen LogP contribution in [-0.2, 0) is 58.7 Å². The molecule has 0 aliphatic carbocycles. The lowest BCUT2D eigenvalue weighted by Gasteiger charge is -2.45. The lowest BCUT2D eigenvalue weighted by Crippen LogP contribution is -2.55. The third-order valence-corrected chi connectivity index (χ3v) is 26.1. The van der Waals surface area contributed by atoms with Gasteiger partial charge in [0.2, 0.25) is 0 Å². The molecule has 2 bridgehead atoms. The second kappa shape index (κ2) is 45.7. The number of likely N-dealkylation sites (tertiary alicyclic amines) is 1. The van der Waals surface area contributed by atoms with Crippen LogP contribution in [0.15, 0.2) is 218 Å². The van der Waals surface area contributed by atoms with Crippen LogP contribution >= 0.6 is 0 Å². The van der Waals surface area contributed by atoms with Gasteiger partial charge in [0, 0.05) is 82.4 Å². The van der Waals surface area contributed by atoms with Crippen molar-refractivity contribution in [3.05, 3.63) is 309 Å². The molecule has 0 radical (unpaired) electrons. The lowest BCUT2D eigenvalue weighted by atomic mass is 9.84. The molecule has 5 fully saturated rings. The molecular weight excluding hydrogens is 1750 g/mol. The lowest BCUT2D eigenvalue weighted by molar-refractivity contribution is 0.0717. The Balaban J connectivity index is 0.000000121. The van der Waals surface area contributed by atoms with E-state index < -0.39 is 35.4 Å². The third kappa shape index (κ3) is 25.0. The van der Waals surface area contributed by atoms with Gasteiger partial charge in [0.05, 0.1) is 106 Å². The predicted octanol–water partition coefficient (Wildman–Crippen LogP) is 11.1. The van der Waals surface area contributed by atoms with Crippen molar-refractivity contribution in [1.29, 1.82) is 0 Å². The maximum atomic E-state index is 11.6. The average molecular weight is 1870 g/mol. The molecule has 6 aliphatic rings. The second-order valence-corrected chi connectivity index (χ2v) is 36.0. The fourth-order valence-corrected chi connectivity index (χ4v) is 18.7. The number of primary amides is 6. The quantitative estimate of drug-likeness (QED) is 0.0153. The van der Waals surface area contributed by atoms with Crippen molar-refractivity contribution in [2.75, 3.05) is 109 Å². The average Bonchev–Trinajstić information content (AvgIpc) is 1.69. The third-order valence-electron chi connectivity index (χ3n) is 26.1. The summed E-state index contributed by atoms with van der Waals surface area (Å²) in [5.41, 5.74) is 51.2. The number of nitrogens with two attached hydrogens (primary N) is 6. The maximum Gasteiger partial charge on any atom is 0.250 e. The van der Waals surface area contributed by atoms with E-state index in [1.165, 1.54) is 75.1 Å². The number of piperidine rings is 3. The molecule has 1 atom stereocenters. The fourth-order valence-electron chi connectivity index (χ4n) is 18.7. The van der Waals surface area contributed by atoms with Gasteiger partial charge in [-0.3, -0.25) is 48.3 Å². The van der Waals surface area contributed by atoms with E-state index in [1.807, 2.05) is 128 Å². The summed E-state index contributed by atoms with van der Waals surface area (Å²) in [6.45, 7) is 20.5. The molecule has 0 spiro atoms. The topological polar surface area (TPSA) is 494 Å². The first kappa shape index (κ1) is 96.9. The van der Waals surface area contributed by atoms with Crippen molar-refractivity contribution < 1.29 is 33.6 Å². The number of aromatic amines is 6. The molecule has 718 valence electrons. The van der Waals surface area contributed by atoms with Gasteiger partial charge in [0.25, 0.3) is 35.4 Å². The van der Waals surface area contributed by atoms with Crippen LogP contribution in [0.4, 0.5) is 11.4 Å². The van der Waals surface area contributed by atoms with Crippen molar-refractivity contribution in [3.63, 3.8) is 0 Å². The van der Waals surface area contributed by atoms with Crippen LogP contribution in [0.25, 0.3) is 66.2 Å². The first-order valence-corrected chi connectivity index (χ1v) is 47.3. The number of hydrogen-bond acceptors (Lipinski definition) is 22. The van der Waals surface area contributed by atoms with Gasteiger partial charge in [-0.25, -0.2) is 29.9 Å². The largest absolute Gasteiger partial charge is 0.369 e. The highest BCUT2D eigenvalue weighted by atomic mass is 16.2. The van der Waals surface area contributed by atoms with Gasteiger partial charge in [-0.1, -0.05) is 109 Å². The van der Waals surface area contributed by atoms with Crippen molar-refractivity contribution in [1.82, 2.24) is 94.9 Å². The molecule has 34 heteroatoms. The summed E-state index contributed by atoms with van der Waals surface area (Å²) in [7, 11) is 4.06. The predicted molar refractivity (Wildman–Crippen MR) is 543 cm³/mol. The summed E-state index contributed by atoms with van der Waals surface area (Å²) >= 11 is 0. The standard InChI is InChI=1S/C21H23N5O2.C18H18N4O.C18H20N4O.C16H21N5O.C16H23N5O.C16H16N4O/c1-14(27)15-5-7-16(8-6-15)26-11-9-25(10-12-26)13-19-23-18-4-2-3-17(21(22)28)20(18)24-19;19-18(23)14-6-3-7-15-17(14)21-16(20-15)11-22-9-8-12-4-1-2-5-13(12)10-22;1-22(11-10-13-6-3-2-4-7-13)12-16-20-15-9-5-8-14(18(19)23)17(15)21-16;17-16(22)11-2-1-3-12-15(11)20-14(19-12)8-18-13-9-21-6-4-10(13)5-7-21;17-16(22)12-5-3-6-13-15(12)20-14(19-13)11-18-7-4-10-21-8-1-2-9-21;1-20(11-6-3-2-4-7-11)10-14-18-13-9-5-8-12(16(17)21)15(13)19-14/h2-8H,9-13H2,1H3,(H2,22,28)(H,23,24);1-7H,8-11H2,(H2,19,23)(H,20,21);2-9H,10-12H2,1H3,(H2,19,23)(H,20,21);1-3,10,13,18H,4-9H2,(H2,17,22)(H,19,20);3,5-6,18H,1-2,4,7-11H2,(H2,17,22)(H,19,20);2-9H,10H2,1H3,(H2,17,21)(H,18,19). The van der Waals surface area contributed by atoms with Crippen LogP contribution in [-0.4, -0.2) is 231 Å². The van der Waals surface area contributed by atoms with E-state index >= 15 is 0 Å². The fraction of sp³-hybridized carbons (Fsp3) is 0.305. The van der Waals surface area contributed by atoms with Gasteiger partial charge in [0.1, 0.15) is 68.0 Å². The number of nitrogens with zero attached hydrogens (tertiary/aromatic N) is 13. The van der Waals surface area contributed by atoms with Crippen molar-refractivity contribution >= 4 is 119 Å². The number of para-hydroxylation sites is 7. The first-order valence-electron chi connectivity index (χ1n) is 47.3. The molecule has 20 N–H and O–H groups in total. The van der Waals surface area contributed by atoms with E-state index in [0.29, 0.717) is 105 Å². The first-order chi connectivity index (χ1) is 67.4. The molecule has 34 nitrogen and oxygen atoms in total. The Labute approximate surface area is 804 Å². The molecule has 22 rings (SSSR count). The highest BCUT2D eigenvalue weighted by molar-refractivity contribution is 6.08. The molecule has 16 aromatic rings. The zero-order chi connectivity index (χ0) is 97.0. The zero-order valence-corrected chi connectivity index (χ0v) is 78.7. The van der Waals surface area contributed by atoms with Crippen molar-refractivity contribution in [2.24, 2.45) is 40.3 Å². The number of H-pyrrole nitrogens is 6. The Kier molecular flexibility index (Phi) is 31.8. The number of carbonyl (C=O) groups excluding carboxylic acids is 7. The molecule has 6 aliphatic heterocycles. The van der Waals surface area contributed by atoms with Gasteiger partial charge in [-0.2, -0.15) is 0 Å². The number of anilines is 2. The van der Waals surface area contributed by atoms with Crippen LogP contribution in [0.3, 0.4) is 0 Å². The number of ketones is 1. The van der Waals surface area contributed by atoms with Gasteiger partial charge >= 0.3 is 0 Å². The van der Waals surface area contributed by atoms with Gasteiger partial charge in [-0.05, 0) is 230 Å². The monoisotopic (exact) mass is 1870 g/mol. The van der Waals surface area contributed by atoms with Gasteiger partial charge in [0.15, 0.2) is 5.78 Å². The minimum atomic E-state index is -0.465. The summed E-state index contributed by atoms with van der Waals surface area (Å²) in [5, 5.41) is 7.03. The number of hydrogen-bond donors (Lipinski definition) is 14. The number of fused-ring (bicyclic) bond motifs is 10. The highest BCUT2D eigenvalue weighted by Gasteiger charge is 2.34. The minimum Gasteiger partial charge on any atom is -0.369 e. The molecule has 10 aromatic carbocycles. The van der Waals surface area contributed by atoms with E-state index in [2.05, 4.69) is 160 Å². The number of rotatable bonds is 29. The Morgan fingerprint density at radius 2 is 0.813 bits per heavy atom. The van der Waals surface area contributed by atoms with Crippen LogP contribution in [0.2, 0.25) is 0 Å². The van der Waals surface area contributed by atoms with E-state index in [0.717, 1.165) is 176 Å². The molecule has 1 unspecified atom stereocenters. The normalized spacial score (nSPS) is 15.8. The van der Waals surface area contributed by atoms with Gasteiger partial charge in [-0.15, -0.1) is 0 Å². The summed E-state index contributed by atoms with van der Waals surface area (Å²) in [6.07, 6.45) is 8.47. The molecule has 5 saturated heterocycles. The number of amides is 6. The molecule has 12 heterocycles. The number of nitrogens with one attached hydrogen (secondary N) is 8. The second-order valence-electron chi connectivity index (χ2n) is 36.0. The maximum absolute atomic E-state index is 11.6. The highest BCUT2D eigenvalue weighted by Crippen LogP contribution is 2.31. The van der Waals surface area contributed by atoms with Crippen molar-refractivity contribution in [2.45, 2.75) is 104 Å². The minimum absolute atomic E-state index is 0.0849. The van der Waals surface area contributed by atoms with Crippen LogP contribution in [0.5, 0.6) is 0 Å². The number of aromatic nitrogens is 12. The molecule has 139 heavy (non-hydrogen) atoms. The molecule has 0 saturated carbocycles. The summed E-state index contributed by atoms with van der Waals surface area (Å²) in [6, 6.07) is 69.9. The Morgan fingerprint density at radius 3 is 1.27 bits per heavy atom. The van der Waals surface area contributed by atoms with Crippen LogP contribution in [0, 0.1) is 5.92 Å². The number of carbonyl (C=O) groups is 7. The number of likely N-dealkylation sites (N-methyl/N-ethyl adjacent to an activating group) is 1. The summed E-state index contributed by atoms with van der Waals surface area (Å²) in [5.74, 6) is 3.21. The number of piperazine rings is 1. The zero-order valence-electron chi connectivity index (χ0n) is 78.7. The van der Waals surface area contributed by atoms with E-state index in [1.54, 1.807) is 55.5 Å². The summed E-state index contributed by atoms with van der Waals surface area (Å²) < 4.78 is 0. The number of Topliss-reactive ketones (excluding diaryl/α,β-unsaturated/α-hetero) is 1. The molecule has 6 amide bonds. The molecule has 6 aromatic heterocycles. The Hall–Kier alpha value is -15.2. The van der Waals surface area contributed by atoms with E-state index in [-0.39, 0.29) is 5.78 Å². The Morgan fingerprint density at radius 1 is 0.403 bits per heavy atom. The smallest absolute Gasteiger partial charge is 0.250 e. The van der Waals surface area contributed by atoms with Crippen LogP contribution in [0.1, 0.15) is 163 Å². The van der Waals surface area contributed by atoms with E-state index in [9.17, 15) is 33.6 Å².